The number of nitrogens with zero attached hydrogens (tertiary/aromatic N) is 2. The minimum atomic E-state index is -0.146. The van der Waals surface area contributed by atoms with Gasteiger partial charge in [0.15, 0.2) is 5.76 Å². The third kappa shape index (κ3) is 3.78. The highest BCUT2D eigenvalue weighted by molar-refractivity contribution is 5.59. The van der Waals surface area contributed by atoms with E-state index >= 15 is 0 Å². The van der Waals surface area contributed by atoms with Crippen molar-refractivity contribution in [1.29, 1.82) is 0 Å². The highest BCUT2D eigenvalue weighted by atomic mass is 16.5. The fourth-order valence-electron chi connectivity index (χ4n) is 4.17. The van der Waals surface area contributed by atoms with Crippen LogP contribution in [0.1, 0.15) is 37.0 Å². The van der Waals surface area contributed by atoms with E-state index < -0.39 is 0 Å². The molecule has 2 fully saturated rings. The van der Waals surface area contributed by atoms with Crippen LogP contribution in [0, 0.1) is 6.92 Å². The van der Waals surface area contributed by atoms with E-state index in [2.05, 4.69) is 46.6 Å². The van der Waals surface area contributed by atoms with E-state index in [9.17, 15) is 5.11 Å². The highest BCUT2D eigenvalue weighted by Crippen LogP contribution is 2.28. The van der Waals surface area contributed by atoms with Crippen molar-refractivity contribution in [2.24, 2.45) is 0 Å². The number of nitrogens with one attached hydrogen (secondary N) is 1. The molecule has 0 bridgehead atoms. The molecule has 2 aromatic rings. The lowest BCUT2D eigenvalue weighted by Crippen LogP contribution is -2.46. The van der Waals surface area contributed by atoms with Crippen LogP contribution in [0.15, 0.2) is 34.9 Å². The van der Waals surface area contributed by atoms with Gasteiger partial charge in [0, 0.05) is 36.8 Å². The van der Waals surface area contributed by atoms with Crippen molar-refractivity contribution in [3.63, 3.8) is 0 Å². The second-order valence-electron chi connectivity index (χ2n) is 7.47. The SMILES string of the molecule is Cc1ccc(-c2cc(CN[C@@H]3CCC[C@@H]3N3CCC(O)C3)on2)cc1. The molecule has 1 aromatic carbocycles. The van der Waals surface area contributed by atoms with Crippen LogP contribution in [0.3, 0.4) is 0 Å². The summed E-state index contributed by atoms with van der Waals surface area (Å²) in [6.45, 7) is 4.63. The summed E-state index contributed by atoms with van der Waals surface area (Å²) >= 11 is 0. The maximum atomic E-state index is 9.80. The summed E-state index contributed by atoms with van der Waals surface area (Å²) < 4.78 is 5.52. The second-order valence-corrected chi connectivity index (χ2v) is 7.47. The topological polar surface area (TPSA) is 61.5 Å². The second kappa shape index (κ2) is 7.28. The molecule has 2 aliphatic rings. The number of β-amino-alcohol motifs (C(OH)–C–C–N with tert-alkyl or cyclic N) is 1. The molecule has 1 unspecified atom stereocenters. The van der Waals surface area contributed by atoms with Gasteiger partial charge < -0.3 is 14.9 Å². The maximum Gasteiger partial charge on any atom is 0.151 e. The van der Waals surface area contributed by atoms with E-state index in [0.717, 1.165) is 36.5 Å². The summed E-state index contributed by atoms with van der Waals surface area (Å²) in [6, 6.07) is 11.4. The lowest BCUT2D eigenvalue weighted by molar-refractivity contribution is 0.149. The van der Waals surface area contributed by atoms with Gasteiger partial charge >= 0.3 is 0 Å². The van der Waals surface area contributed by atoms with Gasteiger partial charge in [-0.25, -0.2) is 0 Å². The Morgan fingerprint density at radius 1 is 1.24 bits per heavy atom. The molecule has 4 rings (SSSR count). The number of benzene rings is 1. The van der Waals surface area contributed by atoms with Crippen molar-refractivity contribution in [1.82, 2.24) is 15.4 Å². The van der Waals surface area contributed by atoms with E-state index in [1.54, 1.807) is 0 Å². The molecule has 1 saturated carbocycles. The van der Waals surface area contributed by atoms with Crippen molar-refractivity contribution in [2.75, 3.05) is 13.1 Å². The molecule has 3 atom stereocenters. The molecule has 5 heteroatoms. The largest absolute Gasteiger partial charge is 0.392 e. The molecular formula is C20H27N3O2. The summed E-state index contributed by atoms with van der Waals surface area (Å²) in [5.74, 6) is 0.877. The van der Waals surface area contributed by atoms with Crippen LogP contribution in [0.5, 0.6) is 0 Å². The fourth-order valence-corrected chi connectivity index (χ4v) is 4.17. The van der Waals surface area contributed by atoms with Crippen molar-refractivity contribution in [3.8, 4) is 11.3 Å². The van der Waals surface area contributed by atoms with Crippen LogP contribution in [0.2, 0.25) is 0 Å². The molecule has 1 aliphatic carbocycles. The molecule has 1 aliphatic heterocycles. The molecule has 0 radical (unpaired) electrons. The number of hydrogen-bond donors (Lipinski definition) is 2. The number of hydrogen-bond acceptors (Lipinski definition) is 5. The van der Waals surface area contributed by atoms with E-state index in [1.807, 2.05) is 6.07 Å². The summed E-state index contributed by atoms with van der Waals surface area (Å²) in [6.07, 6.45) is 4.42. The summed E-state index contributed by atoms with van der Waals surface area (Å²) in [5.41, 5.74) is 3.22. The normalized spacial score (nSPS) is 27.2. The lowest BCUT2D eigenvalue weighted by Gasteiger charge is -2.29. The van der Waals surface area contributed by atoms with Gasteiger partial charge in [-0.05, 0) is 26.2 Å². The van der Waals surface area contributed by atoms with Crippen LogP contribution in [-0.4, -0.2) is 46.4 Å². The van der Waals surface area contributed by atoms with E-state index in [-0.39, 0.29) is 6.10 Å². The number of likely N-dealkylation sites (tertiary alicyclic amines) is 1. The summed E-state index contributed by atoms with van der Waals surface area (Å²) in [7, 11) is 0. The molecule has 134 valence electrons. The summed E-state index contributed by atoms with van der Waals surface area (Å²) in [5, 5.41) is 17.7. The first kappa shape index (κ1) is 16.8. The molecule has 0 amide bonds. The Kier molecular flexibility index (Phi) is 4.88. The van der Waals surface area contributed by atoms with Gasteiger partial charge in [-0.15, -0.1) is 0 Å². The lowest BCUT2D eigenvalue weighted by atomic mass is 10.1. The van der Waals surface area contributed by atoms with Crippen LogP contribution in [0.4, 0.5) is 0 Å². The van der Waals surface area contributed by atoms with Crippen LogP contribution in [0.25, 0.3) is 11.3 Å². The number of aromatic nitrogens is 1. The molecule has 0 spiro atoms. The first-order valence-electron chi connectivity index (χ1n) is 9.37. The number of aliphatic hydroxyl groups excluding tert-OH is 1. The van der Waals surface area contributed by atoms with Gasteiger partial charge in [-0.2, -0.15) is 0 Å². The average Bonchev–Trinajstić information content (AvgIpc) is 3.33. The van der Waals surface area contributed by atoms with Gasteiger partial charge in [0.2, 0.25) is 0 Å². The van der Waals surface area contributed by atoms with Gasteiger partial charge in [-0.1, -0.05) is 41.4 Å². The van der Waals surface area contributed by atoms with Gasteiger partial charge in [0.1, 0.15) is 5.69 Å². The third-order valence-electron chi connectivity index (χ3n) is 5.59. The number of aryl methyl sites for hydroxylation is 1. The summed E-state index contributed by atoms with van der Waals surface area (Å²) in [4.78, 5) is 2.45. The zero-order valence-electron chi connectivity index (χ0n) is 14.8. The quantitative estimate of drug-likeness (QED) is 0.876. The maximum absolute atomic E-state index is 9.80. The van der Waals surface area contributed by atoms with E-state index in [0.29, 0.717) is 18.6 Å². The molecule has 1 aromatic heterocycles. The van der Waals surface area contributed by atoms with Crippen LogP contribution < -0.4 is 5.32 Å². The Bertz CT molecular complexity index is 697. The smallest absolute Gasteiger partial charge is 0.151 e. The van der Waals surface area contributed by atoms with Gasteiger partial charge in [0.25, 0.3) is 0 Å². The highest BCUT2D eigenvalue weighted by Gasteiger charge is 2.35. The standard InChI is InChI=1S/C20H27N3O2/c1-14-5-7-15(8-6-14)19-11-17(25-22-19)12-21-18-3-2-4-20(18)23-10-9-16(24)13-23/h5-8,11,16,18,20-21,24H,2-4,9-10,12-13H2,1H3/t16?,18-,20+/m1/s1. The van der Waals surface area contributed by atoms with Crippen molar-refractivity contribution in [3.05, 3.63) is 41.7 Å². The average molecular weight is 341 g/mol. The third-order valence-corrected chi connectivity index (χ3v) is 5.59. The Balaban J connectivity index is 1.36. The minimum Gasteiger partial charge on any atom is -0.392 e. The molecule has 25 heavy (non-hydrogen) atoms. The Morgan fingerprint density at radius 3 is 2.84 bits per heavy atom. The predicted molar refractivity (Wildman–Crippen MR) is 97.1 cm³/mol. The zero-order chi connectivity index (χ0) is 17.2. The predicted octanol–water partition coefficient (Wildman–Crippen LogP) is 2.73. The first-order valence-corrected chi connectivity index (χ1v) is 9.37. The van der Waals surface area contributed by atoms with Crippen LogP contribution >= 0.6 is 0 Å². The molecule has 5 nitrogen and oxygen atoms in total. The monoisotopic (exact) mass is 341 g/mol. The molecular weight excluding hydrogens is 314 g/mol. The van der Waals surface area contributed by atoms with Crippen molar-refractivity contribution >= 4 is 0 Å². The van der Waals surface area contributed by atoms with Crippen molar-refractivity contribution in [2.45, 2.75) is 57.3 Å². The van der Waals surface area contributed by atoms with Gasteiger partial charge in [-0.3, -0.25) is 4.90 Å². The van der Waals surface area contributed by atoms with E-state index in [4.69, 9.17) is 4.52 Å². The molecule has 1 saturated heterocycles. The van der Waals surface area contributed by atoms with Gasteiger partial charge in [0.05, 0.1) is 12.6 Å². The molecule has 2 N–H and O–H groups in total. The Hall–Kier alpha value is -1.69. The zero-order valence-corrected chi connectivity index (χ0v) is 14.8. The minimum absolute atomic E-state index is 0.146. The Labute approximate surface area is 149 Å². The van der Waals surface area contributed by atoms with Crippen LogP contribution in [-0.2, 0) is 6.54 Å². The van der Waals surface area contributed by atoms with Crippen molar-refractivity contribution < 1.29 is 9.63 Å². The Morgan fingerprint density at radius 2 is 2.08 bits per heavy atom. The molecule has 2 heterocycles. The van der Waals surface area contributed by atoms with E-state index in [1.165, 1.54) is 24.8 Å². The fraction of sp³-hybridized carbons (Fsp3) is 0.550. The number of aliphatic hydroxyl groups is 1. The number of rotatable bonds is 5. The first-order chi connectivity index (χ1) is 12.2.